The number of hydrogen-bond acceptors (Lipinski definition) is 4. The lowest BCUT2D eigenvalue weighted by molar-refractivity contribution is -0.138. The predicted molar refractivity (Wildman–Crippen MR) is 82.3 cm³/mol. The number of hydrogen-bond donors (Lipinski definition) is 1. The van der Waals surface area contributed by atoms with E-state index in [0.717, 1.165) is 5.56 Å². The second kappa shape index (κ2) is 4.86. The summed E-state index contributed by atoms with van der Waals surface area (Å²) in [6.07, 6.45) is 5.53. The molecule has 4 rings (SSSR count). The third-order valence-electron chi connectivity index (χ3n) is 4.88. The highest BCUT2D eigenvalue weighted by atomic mass is 19.1. The Morgan fingerprint density at radius 3 is 2.96 bits per heavy atom. The molecule has 1 N–H and O–H groups in total. The van der Waals surface area contributed by atoms with Crippen molar-refractivity contribution in [3.63, 3.8) is 0 Å². The maximum absolute atomic E-state index is 13.7. The summed E-state index contributed by atoms with van der Waals surface area (Å²) in [5.41, 5.74) is 1.86. The number of rotatable bonds is 3. The van der Waals surface area contributed by atoms with Gasteiger partial charge in [-0.2, -0.15) is 9.49 Å². The van der Waals surface area contributed by atoms with Crippen LogP contribution in [0.4, 0.5) is 4.39 Å². The standard InChI is InChI=1S/C16H16FN5O2/c1-3-21-8-9(6-19-21)16(2)5-10(15(23)24)11-7-18-13-4-12(17)20-22(13)14(11)16/h4,6-8,10H,3,5H2,1-2H3,(H,23,24). The Morgan fingerprint density at radius 2 is 2.29 bits per heavy atom. The van der Waals surface area contributed by atoms with Crippen molar-refractivity contribution < 1.29 is 14.3 Å². The molecule has 2 unspecified atom stereocenters. The van der Waals surface area contributed by atoms with E-state index < -0.39 is 23.2 Å². The van der Waals surface area contributed by atoms with E-state index >= 15 is 0 Å². The number of carbonyl (C=O) groups is 1. The van der Waals surface area contributed by atoms with E-state index in [0.29, 0.717) is 29.9 Å². The first-order chi connectivity index (χ1) is 11.4. The SMILES string of the molecule is CCn1cc(C2(C)CC(C(=O)O)c3cnc4cc(F)nn4c32)cn1. The van der Waals surface area contributed by atoms with Crippen molar-refractivity contribution in [1.82, 2.24) is 24.4 Å². The Labute approximate surface area is 136 Å². The van der Waals surface area contributed by atoms with Crippen molar-refractivity contribution in [1.29, 1.82) is 0 Å². The van der Waals surface area contributed by atoms with Crippen LogP contribution in [0.1, 0.15) is 43.0 Å². The van der Waals surface area contributed by atoms with Crippen LogP contribution in [0.3, 0.4) is 0 Å². The first-order valence-electron chi connectivity index (χ1n) is 7.74. The first-order valence-corrected chi connectivity index (χ1v) is 7.74. The fourth-order valence-corrected chi connectivity index (χ4v) is 3.64. The molecule has 0 saturated heterocycles. The second-order valence-electron chi connectivity index (χ2n) is 6.31. The van der Waals surface area contributed by atoms with Crippen LogP contribution in [0.15, 0.2) is 24.7 Å². The normalized spacial score (nSPS) is 22.9. The van der Waals surface area contributed by atoms with Gasteiger partial charge in [-0.25, -0.2) is 9.50 Å². The van der Waals surface area contributed by atoms with Crippen molar-refractivity contribution >= 4 is 11.6 Å². The number of nitrogens with zero attached hydrogens (tertiary/aromatic N) is 5. The Morgan fingerprint density at radius 1 is 1.50 bits per heavy atom. The molecular weight excluding hydrogens is 313 g/mol. The quantitative estimate of drug-likeness (QED) is 0.794. The number of aryl methyl sites for hydroxylation is 1. The van der Waals surface area contributed by atoms with Gasteiger partial charge < -0.3 is 5.11 Å². The fourth-order valence-electron chi connectivity index (χ4n) is 3.64. The van der Waals surface area contributed by atoms with Crippen LogP contribution >= 0.6 is 0 Å². The molecule has 0 spiro atoms. The number of carboxylic acids is 1. The summed E-state index contributed by atoms with van der Waals surface area (Å²) >= 11 is 0. The maximum Gasteiger partial charge on any atom is 0.311 e. The summed E-state index contributed by atoms with van der Waals surface area (Å²) in [5, 5.41) is 17.8. The zero-order valence-corrected chi connectivity index (χ0v) is 13.3. The van der Waals surface area contributed by atoms with E-state index in [-0.39, 0.29) is 0 Å². The summed E-state index contributed by atoms with van der Waals surface area (Å²) in [6.45, 7) is 4.64. The largest absolute Gasteiger partial charge is 0.481 e. The molecule has 0 aliphatic heterocycles. The molecule has 3 heterocycles. The number of aromatic nitrogens is 5. The molecule has 1 aliphatic rings. The summed E-state index contributed by atoms with van der Waals surface area (Å²) in [6, 6.07) is 1.24. The van der Waals surface area contributed by atoms with Gasteiger partial charge in [0, 0.05) is 41.5 Å². The topological polar surface area (TPSA) is 85.3 Å². The molecule has 0 saturated carbocycles. The highest BCUT2D eigenvalue weighted by molar-refractivity contribution is 5.79. The van der Waals surface area contributed by atoms with Crippen molar-refractivity contribution in [3.8, 4) is 0 Å². The lowest BCUT2D eigenvalue weighted by Gasteiger charge is -2.24. The first kappa shape index (κ1) is 14.8. The van der Waals surface area contributed by atoms with Crippen LogP contribution in [0.2, 0.25) is 0 Å². The summed E-state index contributed by atoms with van der Waals surface area (Å²) in [5.74, 6) is -2.27. The minimum atomic E-state index is -0.920. The van der Waals surface area contributed by atoms with Gasteiger partial charge in [0.1, 0.15) is 0 Å². The number of fused-ring (bicyclic) bond motifs is 3. The van der Waals surface area contributed by atoms with Gasteiger partial charge in [0.05, 0.1) is 17.8 Å². The van der Waals surface area contributed by atoms with Gasteiger partial charge >= 0.3 is 5.97 Å². The van der Waals surface area contributed by atoms with Gasteiger partial charge in [0.15, 0.2) is 5.65 Å². The molecule has 0 amide bonds. The van der Waals surface area contributed by atoms with E-state index in [2.05, 4.69) is 15.2 Å². The van der Waals surface area contributed by atoms with Crippen LogP contribution < -0.4 is 0 Å². The van der Waals surface area contributed by atoms with E-state index in [1.54, 1.807) is 10.9 Å². The third-order valence-corrected chi connectivity index (χ3v) is 4.88. The lowest BCUT2D eigenvalue weighted by atomic mass is 9.81. The molecule has 0 radical (unpaired) electrons. The highest BCUT2D eigenvalue weighted by Crippen LogP contribution is 2.49. The zero-order chi connectivity index (χ0) is 17.1. The molecule has 7 nitrogen and oxygen atoms in total. The molecule has 0 bridgehead atoms. The van der Waals surface area contributed by atoms with Crippen molar-refractivity contribution in [2.45, 2.75) is 38.1 Å². The van der Waals surface area contributed by atoms with E-state index in [1.165, 1.54) is 16.8 Å². The molecule has 8 heteroatoms. The Balaban J connectivity index is 2.01. The smallest absolute Gasteiger partial charge is 0.311 e. The van der Waals surface area contributed by atoms with E-state index in [9.17, 15) is 14.3 Å². The van der Waals surface area contributed by atoms with E-state index in [1.807, 2.05) is 20.0 Å². The van der Waals surface area contributed by atoms with Crippen LogP contribution in [0.25, 0.3) is 5.65 Å². The molecule has 0 fully saturated rings. The second-order valence-corrected chi connectivity index (χ2v) is 6.31. The summed E-state index contributed by atoms with van der Waals surface area (Å²) in [4.78, 5) is 15.9. The lowest BCUT2D eigenvalue weighted by Crippen LogP contribution is -2.24. The average molecular weight is 329 g/mol. The predicted octanol–water partition coefficient (Wildman–Crippen LogP) is 1.96. The van der Waals surface area contributed by atoms with E-state index in [4.69, 9.17) is 0 Å². The molecule has 24 heavy (non-hydrogen) atoms. The zero-order valence-electron chi connectivity index (χ0n) is 13.3. The Hall–Kier alpha value is -2.77. The van der Waals surface area contributed by atoms with Crippen molar-refractivity contribution in [3.05, 3.63) is 47.4 Å². The van der Waals surface area contributed by atoms with Crippen molar-refractivity contribution in [2.75, 3.05) is 0 Å². The minimum Gasteiger partial charge on any atom is -0.481 e. The van der Waals surface area contributed by atoms with Gasteiger partial charge in [0.25, 0.3) is 0 Å². The van der Waals surface area contributed by atoms with Crippen LogP contribution in [0.5, 0.6) is 0 Å². The summed E-state index contributed by atoms with van der Waals surface area (Å²) < 4.78 is 16.9. The Kier molecular flexibility index (Phi) is 3.00. The molecule has 2 atom stereocenters. The Bertz CT molecular complexity index is 963. The number of carboxylic acid groups (broad SMARTS) is 1. The minimum absolute atomic E-state index is 0.356. The third kappa shape index (κ3) is 1.88. The maximum atomic E-state index is 13.7. The van der Waals surface area contributed by atoms with Crippen LogP contribution in [-0.2, 0) is 16.8 Å². The van der Waals surface area contributed by atoms with Crippen LogP contribution in [-0.4, -0.2) is 35.5 Å². The van der Waals surface area contributed by atoms with Crippen LogP contribution in [0, 0.1) is 5.95 Å². The van der Waals surface area contributed by atoms with Gasteiger partial charge in [-0.3, -0.25) is 9.48 Å². The number of aliphatic carboxylic acids is 1. The van der Waals surface area contributed by atoms with Crippen molar-refractivity contribution in [2.24, 2.45) is 0 Å². The molecule has 124 valence electrons. The molecule has 3 aromatic heterocycles. The van der Waals surface area contributed by atoms with Gasteiger partial charge in [-0.1, -0.05) is 0 Å². The van der Waals surface area contributed by atoms with Gasteiger partial charge in [0.2, 0.25) is 5.95 Å². The van der Waals surface area contributed by atoms with Gasteiger partial charge in [-0.15, -0.1) is 5.10 Å². The van der Waals surface area contributed by atoms with Gasteiger partial charge in [-0.05, 0) is 20.3 Å². The summed E-state index contributed by atoms with van der Waals surface area (Å²) in [7, 11) is 0. The fraction of sp³-hybridized carbons (Fsp3) is 0.375. The molecule has 3 aromatic rings. The monoisotopic (exact) mass is 329 g/mol. The average Bonchev–Trinajstić information content (AvgIpc) is 3.22. The number of halogens is 1. The molecular formula is C16H16FN5O2. The highest BCUT2D eigenvalue weighted by Gasteiger charge is 2.47. The molecule has 0 aromatic carbocycles. The molecule has 1 aliphatic carbocycles.